The van der Waals surface area contributed by atoms with E-state index in [9.17, 15) is 9.90 Å². The summed E-state index contributed by atoms with van der Waals surface area (Å²) in [5.41, 5.74) is 7.83. The molecule has 1 aliphatic rings. The molecule has 6 heteroatoms. The lowest BCUT2D eigenvalue weighted by Crippen LogP contribution is -2.37. The summed E-state index contributed by atoms with van der Waals surface area (Å²) >= 11 is 0. The van der Waals surface area contributed by atoms with Crippen LogP contribution in [0.3, 0.4) is 0 Å². The van der Waals surface area contributed by atoms with Crippen LogP contribution >= 0.6 is 0 Å². The molecule has 0 fully saturated rings. The highest BCUT2D eigenvalue weighted by Crippen LogP contribution is 2.46. The number of carboxylic acid groups (broad SMARTS) is 1. The maximum Gasteiger partial charge on any atom is 0.451 e. The highest BCUT2D eigenvalue weighted by Gasteiger charge is 2.48. The summed E-state index contributed by atoms with van der Waals surface area (Å²) in [5, 5.41) is 27.7. The molecule has 0 radical (unpaired) electrons. The van der Waals surface area contributed by atoms with Gasteiger partial charge >= 0.3 is 13.1 Å². The van der Waals surface area contributed by atoms with Crippen LogP contribution in [0, 0.1) is 5.92 Å². The van der Waals surface area contributed by atoms with Crippen LogP contribution in [0.4, 0.5) is 0 Å². The van der Waals surface area contributed by atoms with E-state index in [1.807, 2.05) is 25.1 Å². The first-order valence-corrected chi connectivity index (χ1v) is 7.75. The number of carbonyl (C=O) groups is 1. The van der Waals surface area contributed by atoms with Gasteiger partial charge in [0.2, 0.25) is 0 Å². The highest BCUT2D eigenvalue weighted by atomic mass is 16.4. The van der Waals surface area contributed by atoms with Gasteiger partial charge in [0.1, 0.15) is 0 Å². The Morgan fingerprint density at radius 1 is 1.50 bits per heavy atom. The van der Waals surface area contributed by atoms with Crippen LogP contribution in [0.2, 0.25) is 6.32 Å². The van der Waals surface area contributed by atoms with Gasteiger partial charge in [-0.3, -0.25) is 4.79 Å². The van der Waals surface area contributed by atoms with E-state index >= 15 is 0 Å². The standard InChI is InChI=1S/C16H24BNO4/c1-10(18)11-5-6-12-8-13(4-3-7-17(21)22)16(2,15(19)20)14(12)9-11/h5-6,9-10,13,21-22H,3-4,7-8,18H2,1-2H3,(H,19,20)/t10-,13+,16+/m1/s1. The van der Waals surface area contributed by atoms with E-state index in [-0.39, 0.29) is 18.3 Å². The minimum atomic E-state index is -1.33. The molecule has 0 spiro atoms. The van der Waals surface area contributed by atoms with Gasteiger partial charge in [0, 0.05) is 6.04 Å². The van der Waals surface area contributed by atoms with Gasteiger partial charge in [-0.25, -0.2) is 0 Å². The van der Waals surface area contributed by atoms with E-state index in [2.05, 4.69) is 0 Å². The Kier molecular flexibility index (Phi) is 4.95. The molecule has 3 atom stereocenters. The van der Waals surface area contributed by atoms with Crippen molar-refractivity contribution in [2.45, 2.75) is 50.9 Å². The highest BCUT2D eigenvalue weighted by molar-refractivity contribution is 6.40. The van der Waals surface area contributed by atoms with Crippen molar-refractivity contribution in [2.24, 2.45) is 11.7 Å². The monoisotopic (exact) mass is 305 g/mol. The third-order valence-corrected chi connectivity index (χ3v) is 4.96. The molecule has 1 aliphatic carbocycles. The minimum Gasteiger partial charge on any atom is -0.481 e. The lowest BCUT2D eigenvalue weighted by molar-refractivity contribution is -0.145. The fourth-order valence-corrected chi connectivity index (χ4v) is 3.46. The molecule has 0 bridgehead atoms. The van der Waals surface area contributed by atoms with Gasteiger partial charge < -0.3 is 20.9 Å². The molecule has 0 aromatic heterocycles. The van der Waals surface area contributed by atoms with Crippen LogP contribution in [0.1, 0.15) is 49.4 Å². The molecule has 120 valence electrons. The van der Waals surface area contributed by atoms with Crippen LogP contribution in [0.5, 0.6) is 0 Å². The van der Waals surface area contributed by atoms with E-state index in [1.165, 1.54) is 0 Å². The predicted octanol–water partition coefficient (Wildman–Crippen LogP) is 1.47. The molecule has 0 heterocycles. The number of fused-ring (bicyclic) bond motifs is 1. The molecule has 0 aliphatic heterocycles. The quantitative estimate of drug-likeness (QED) is 0.596. The van der Waals surface area contributed by atoms with Crippen LogP contribution in [0.25, 0.3) is 0 Å². The van der Waals surface area contributed by atoms with Crippen molar-refractivity contribution in [3.05, 3.63) is 34.9 Å². The molecule has 22 heavy (non-hydrogen) atoms. The molecule has 0 saturated carbocycles. The molecule has 2 rings (SSSR count). The van der Waals surface area contributed by atoms with Gasteiger partial charge in [-0.15, -0.1) is 0 Å². The molecule has 0 unspecified atom stereocenters. The van der Waals surface area contributed by atoms with Crippen molar-refractivity contribution in [2.75, 3.05) is 0 Å². The second-order valence-corrected chi connectivity index (χ2v) is 6.53. The Balaban J connectivity index is 2.30. The van der Waals surface area contributed by atoms with Gasteiger partial charge in [-0.2, -0.15) is 0 Å². The molecule has 5 nitrogen and oxygen atoms in total. The Hall–Kier alpha value is -1.37. The second-order valence-electron chi connectivity index (χ2n) is 6.53. The lowest BCUT2D eigenvalue weighted by atomic mass is 9.72. The number of nitrogens with two attached hydrogens (primary N) is 1. The molecule has 0 saturated heterocycles. The van der Waals surface area contributed by atoms with Crippen LogP contribution in [-0.4, -0.2) is 28.2 Å². The zero-order valence-corrected chi connectivity index (χ0v) is 13.1. The van der Waals surface area contributed by atoms with E-state index in [4.69, 9.17) is 15.8 Å². The zero-order chi connectivity index (χ0) is 16.5. The van der Waals surface area contributed by atoms with Crippen LogP contribution in [-0.2, 0) is 16.6 Å². The lowest BCUT2D eigenvalue weighted by Gasteiger charge is -2.28. The zero-order valence-electron chi connectivity index (χ0n) is 13.1. The fourth-order valence-electron chi connectivity index (χ4n) is 3.46. The van der Waals surface area contributed by atoms with Gasteiger partial charge in [-0.1, -0.05) is 24.6 Å². The molecular weight excluding hydrogens is 281 g/mol. The fraction of sp³-hybridized carbons (Fsp3) is 0.562. The summed E-state index contributed by atoms with van der Waals surface area (Å²) in [6.45, 7) is 3.65. The third kappa shape index (κ3) is 3.04. The molecule has 1 aromatic rings. The van der Waals surface area contributed by atoms with E-state index < -0.39 is 18.5 Å². The minimum absolute atomic E-state index is 0.0397. The number of aliphatic carboxylic acids is 1. The normalized spacial score (nSPS) is 24.9. The SMILES string of the molecule is C[C@@H](N)c1ccc2c(c1)[C@@](C)(C(=O)O)[C@@H](CCCB(O)O)C2. The van der Waals surface area contributed by atoms with Crippen molar-refractivity contribution in [1.29, 1.82) is 0 Å². The number of rotatable bonds is 6. The average molecular weight is 305 g/mol. The summed E-state index contributed by atoms with van der Waals surface area (Å²) < 4.78 is 0. The molecule has 5 N–H and O–H groups in total. The van der Waals surface area contributed by atoms with Crippen molar-refractivity contribution < 1.29 is 19.9 Å². The Morgan fingerprint density at radius 3 is 2.73 bits per heavy atom. The topological polar surface area (TPSA) is 104 Å². The van der Waals surface area contributed by atoms with E-state index in [0.29, 0.717) is 19.3 Å². The van der Waals surface area contributed by atoms with Crippen molar-refractivity contribution in [1.82, 2.24) is 0 Å². The number of hydrogen-bond donors (Lipinski definition) is 4. The number of hydrogen-bond acceptors (Lipinski definition) is 4. The number of benzene rings is 1. The van der Waals surface area contributed by atoms with E-state index in [1.54, 1.807) is 6.92 Å². The summed E-state index contributed by atoms with van der Waals surface area (Å²) in [7, 11) is -1.33. The van der Waals surface area contributed by atoms with Crippen molar-refractivity contribution >= 4 is 13.1 Å². The van der Waals surface area contributed by atoms with Crippen molar-refractivity contribution in [3.8, 4) is 0 Å². The first kappa shape index (κ1) is 17.0. The van der Waals surface area contributed by atoms with Gasteiger partial charge in [-0.05, 0) is 55.6 Å². The Bertz CT molecular complexity index is 561. The van der Waals surface area contributed by atoms with Crippen LogP contribution in [0.15, 0.2) is 18.2 Å². The summed E-state index contributed by atoms with van der Waals surface area (Å²) in [4.78, 5) is 11.9. The largest absolute Gasteiger partial charge is 0.481 e. The Morgan fingerprint density at radius 2 is 2.18 bits per heavy atom. The summed E-state index contributed by atoms with van der Waals surface area (Å²) in [6.07, 6.45) is 2.23. The summed E-state index contributed by atoms with van der Waals surface area (Å²) in [6, 6.07) is 5.74. The first-order chi connectivity index (χ1) is 10.3. The maximum absolute atomic E-state index is 11.9. The van der Waals surface area contributed by atoms with Gasteiger partial charge in [0.05, 0.1) is 5.41 Å². The third-order valence-electron chi connectivity index (χ3n) is 4.96. The van der Waals surface area contributed by atoms with Crippen LogP contribution < -0.4 is 5.73 Å². The van der Waals surface area contributed by atoms with E-state index in [0.717, 1.165) is 16.7 Å². The van der Waals surface area contributed by atoms with Gasteiger partial charge in [0.25, 0.3) is 0 Å². The second kappa shape index (κ2) is 6.40. The molecular formula is C16H24BNO4. The predicted molar refractivity (Wildman–Crippen MR) is 85.5 cm³/mol. The molecule has 1 aromatic carbocycles. The summed E-state index contributed by atoms with van der Waals surface area (Å²) in [5.74, 6) is -0.871. The first-order valence-electron chi connectivity index (χ1n) is 7.75. The molecule has 0 amide bonds. The average Bonchev–Trinajstić information content (AvgIpc) is 2.72. The Labute approximate surface area is 131 Å². The van der Waals surface area contributed by atoms with Crippen molar-refractivity contribution in [3.63, 3.8) is 0 Å². The smallest absolute Gasteiger partial charge is 0.451 e. The number of carboxylic acids is 1. The maximum atomic E-state index is 11.9. The van der Waals surface area contributed by atoms with Gasteiger partial charge in [0.15, 0.2) is 0 Å².